The molecule has 0 saturated carbocycles. The Balaban J connectivity index is 1.79. The zero-order valence-corrected chi connectivity index (χ0v) is 12.5. The molecule has 1 unspecified atom stereocenters. The average Bonchev–Trinajstić information content (AvgIpc) is 3.03. The van der Waals surface area contributed by atoms with Crippen LogP contribution in [0.4, 0.5) is 0 Å². The van der Waals surface area contributed by atoms with Crippen molar-refractivity contribution in [3.8, 4) is 0 Å². The van der Waals surface area contributed by atoms with Crippen LogP contribution in [0.2, 0.25) is 0 Å². The SMILES string of the molecule is CCNCC1CCCN1Cc1nn(C)c2ccccc12. The van der Waals surface area contributed by atoms with Gasteiger partial charge in [-0.25, -0.2) is 0 Å². The van der Waals surface area contributed by atoms with E-state index in [9.17, 15) is 0 Å². The number of hydrogen-bond acceptors (Lipinski definition) is 3. The summed E-state index contributed by atoms with van der Waals surface area (Å²) in [7, 11) is 2.03. The summed E-state index contributed by atoms with van der Waals surface area (Å²) in [5.41, 5.74) is 2.44. The summed E-state index contributed by atoms with van der Waals surface area (Å²) >= 11 is 0. The molecule has 1 fully saturated rings. The molecule has 3 rings (SSSR count). The normalized spacial score (nSPS) is 20.0. The predicted octanol–water partition coefficient (Wildman–Crippen LogP) is 2.15. The number of nitrogens with zero attached hydrogens (tertiary/aromatic N) is 3. The van der Waals surface area contributed by atoms with Crippen LogP contribution in [0.15, 0.2) is 24.3 Å². The molecule has 4 nitrogen and oxygen atoms in total. The largest absolute Gasteiger partial charge is 0.315 e. The number of likely N-dealkylation sites (N-methyl/N-ethyl adjacent to an activating group) is 1. The lowest BCUT2D eigenvalue weighted by molar-refractivity contribution is 0.237. The highest BCUT2D eigenvalue weighted by atomic mass is 15.3. The molecule has 1 aliphatic heterocycles. The molecule has 4 heteroatoms. The van der Waals surface area contributed by atoms with Crippen molar-refractivity contribution in [2.45, 2.75) is 32.4 Å². The third-order valence-corrected chi connectivity index (χ3v) is 4.32. The summed E-state index contributed by atoms with van der Waals surface area (Å²) in [5, 5.41) is 9.50. The maximum absolute atomic E-state index is 4.72. The fourth-order valence-electron chi connectivity index (χ4n) is 3.24. The van der Waals surface area contributed by atoms with Crippen molar-refractivity contribution >= 4 is 10.9 Å². The van der Waals surface area contributed by atoms with E-state index in [0.717, 1.165) is 19.6 Å². The Kier molecular flexibility index (Phi) is 4.03. The van der Waals surface area contributed by atoms with Crippen LogP contribution < -0.4 is 5.32 Å². The molecule has 0 amide bonds. The molecule has 1 N–H and O–H groups in total. The Morgan fingerprint density at radius 3 is 3.05 bits per heavy atom. The monoisotopic (exact) mass is 272 g/mol. The van der Waals surface area contributed by atoms with E-state index >= 15 is 0 Å². The smallest absolute Gasteiger partial charge is 0.0843 e. The minimum absolute atomic E-state index is 0.663. The maximum atomic E-state index is 4.72. The first-order valence-corrected chi connectivity index (χ1v) is 7.65. The summed E-state index contributed by atoms with van der Waals surface area (Å²) in [4.78, 5) is 2.58. The van der Waals surface area contributed by atoms with Gasteiger partial charge in [-0.3, -0.25) is 9.58 Å². The lowest BCUT2D eigenvalue weighted by Gasteiger charge is -2.23. The summed E-state index contributed by atoms with van der Waals surface area (Å²) in [5.74, 6) is 0. The predicted molar refractivity (Wildman–Crippen MR) is 82.7 cm³/mol. The van der Waals surface area contributed by atoms with Gasteiger partial charge in [0.1, 0.15) is 0 Å². The topological polar surface area (TPSA) is 33.1 Å². The van der Waals surface area contributed by atoms with Gasteiger partial charge in [0.2, 0.25) is 0 Å². The number of hydrogen-bond donors (Lipinski definition) is 1. The Morgan fingerprint density at radius 2 is 2.20 bits per heavy atom. The maximum Gasteiger partial charge on any atom is 0.0843 e. The van der Waals surface area contributed by atoms with E-state index in [-0.39, 0.29) is 0 Å². The first-order valence-electron chi connectivity index (χ1n) is 7.65. The molecule has 0 bridgehead atoms. The molecule has 0 aliphatic carbocycles. The Bertz CT molecular complexity index is 575. The Hall–Kier alpha value is -1.39. The van der Waals surface area contributed by atoms with Crippen molar-refractivity contribution in [3.63, 3.8) is 0 Å². The number of para-hydroxylation sites is 1. The molecule has 108 valence electrons. The summed E-state index contributed by atoms with van der Waals surface area (Å²) in [6, 6.07) is 9.18. The van der Waals surface area contributed by atoms with Crippen LogP contribution in [-0.4, -0.2) is 40.4 Å². The molecule has 20 heavy (non-hydrogen) atoms. The summed E-state index contributed by atoms with van der Waals surface area (Å²) in [6.07, 6.45) is 2.61. The van der Waals surface area contributed by atoms with E-state index in [2.05, 4.69) is 41.4 Å². The van der Waals surface area contributed by atoms with Gasteiger partial charge in [0.05, 0.1) is 11.2 Å². The van der Waals surface area contributed by atoms with Crippen LogP contribution >= 0.6 is 0 Å². The second kappa shape index (κ2) is 5.94. The van der Waals surface area contributed by atoms with Gasteiger partial charge >= 0.3 is 0 Å². The third-order valence-electron chi connectivity index (χ3n) is 4.32. The molecule has 1 aromatic heterocycles. The number of likely N-dealkylation sites (tertiary alicyclic amines) is 1. The first kappa shape index (κ1) is 13.6. The third kappa shape index (κ3) is 2.58. The lowest BCUT2D eigenvalue weighted by Crippen LogP contribution is -2.37. The molecule has 1 aromatic carbocycles. The van der Waals surface area contributed by atoms with Gasteiger partial charge in [-0.2, -0.15) is 5.10 Å². The lowest BCUT2D eigenvalue weighted by atomic mass is 10.2. The highest BCUT2D eigenvalue weighted by molar-refractivity contribution is 5.81. The number of rotatable bonds is 5. The van der Waals surface area contributed by atoms with Gasteiger partial charge in [-0.1, -0.05) is 25.1 Å². The highest BCUT2D eigenvalue weighted by Gasteiger charge is 2.25. The number of aryl methyl sites for hydroxylation is 1. The van der Waals surface area contributed by atoms with Crippen LogP contribution in [-0.2, 0) is 13.6 Å². The van der Waals surface area contributed by atoms with E-state index in [4.69, 9.17) is 5.10 Å². The number of benzene rings is 1. The zero-order valence-electron chi connectivity index (χ0n) is 12.5. The van der Waals surface area contributed by atoms with E-state index in [1.54, 1.807) is 0 Å². The van der Waals surface area contributed by atoms with Gasteiger partial charge in [-0.05, 0) is 32.0 Å². The molecule has 0 radical (unpaired) electrons. The van der Waals surface area contributed by atoms with E-state index in [1.165, 1.54) is 36.0 Å². The second-order valence-corrected chi connectivity index (χ2v) is 5.66. The van der Waals surface area contributed by atoms with Crippen molar-refractivity contribution in [2.75, 3.05) is 19.6 Å². The van der Waals surface area contributed by atoms with E-state index in [0.29, 0.717) is 6.04 Å². The summed E-state index contributed by atoms with van der Waals surface area (Å²) in [6.45, 7) is 6.49. The number of aromatic nitrogens is 2. The zero-order chi connectivity index (χ0) is 13.9. The van der Waals surface area contributed by atoms with Gasteiger partial charge in [0.15, 0.2) is 0 Å². The minimum atomic E-state index is 0.663. The fourth-order valence-corrected chi connectivity index (χ4v) is 3.24. The van der Waals surface area contributed by atoms with Crippen LogP contribution in [0.5, 0.6) is 0 Å². The molecular formula is C16H24N4. The fraction of sp³-hybridized carbons (Fsp3) is 0.562. The molecule has 1 aliphatic rings. The van der Waals surface area contributed by atoms with Gasteiger partial charge in [0, 0.05) is 31.6 Å². The Morgan fingerprint density at radius 1 is 1.35 bits per heavy atom. The molecule has 2 aromatic rings. The van der Waals surface area contributed by atoms with Crippen molar-refractivity contribution < 1.29 is 0 Å². The van der Waals surface area contributed by atoms with Crippen LogP contribution in [0, 0.1) is 0 Å². The van der Waals surface area contributed by atoms with Crippen molar-refractivity contribution in [2.24, 2.45) is 7.05 Å². The molecule has 1 saturated heterocycles. The van der Waals surface area contributed by atoms with E-state index < -0.39 is 0 Å². The quantitative estimate of drug-likeness (QED) is 0.905. The Labute approximate surface area is 120 Å². The number of nitrogens with one attached hydrogen (secondary N) is 1. The van der Waals surface area contributed by atoms with Gasteiger partial charge in [0.25, 0.3) is 0 Å². The van der Waals surface area contributed by atoms with Gasteiger partial charge in [-0.15, -0.1) is 0 Å². The van der Waals surface area contributed by atoms with E-state index in [1.807, 2.05) is 11.7 Å². The molecular weight excluding hydrogens is 248 g/mol. The van der Waals surface area contributed by atoms with Crippen LogP contribution in [0.3, 0.4) is 0 Å². The highest BCUT2D eigenvalue weighted by Crippen LogP contribution is 2.23. The van der Waals surface area contributed by atoms with Crippen LogP contribution in [0.1, 0.15) is 25.5 Å². The van der Waals surface area contributed by atoms with Crippen molar-refractivity contribution in [1.82, 2.24) is 20.0 Å². The second-order valence-electron chi connectivity index (χ2n) is 5.66. The van der Waals surface area contributed by atoms with Gasteiger partial charge < -0.3 is 5.32 Å². The first-order chi connectivity index (χ1) is 9.79. The van der Waals surface area contributed by atoms with Crippen molar-refractivity contribution in [1.29, 1.82) is 0 Å². The standard InChI is InChI=1S/C16H24N4/c1-3-17-11-13-7-6-10-20(13)12-15-14-8-4-5-9-16(14)19(2)18-15/h4-5,8-9,13,17H,3,6-7,10-12H2,1-2H3. The molecule has 0 spiro atoms. The summed E-state index contributed by atoms with van der Waals surface area (Å²) < 4.78 is 2.00. The average molecular weight is 272 g/mol. The number of fused-ring (bicyclic) bond motifs is 1. The molecule has 1 atom stereocenters. The van der Waals surface area contributed by atoms with Crippen LogP contribution in [0.25, 0.3) is 10.9 Å². The molecule has 2 heterocycles. The minimum Gasteiger partial charge on any atom is -0.315 e. The van der Waals surface area contributed by atoms with Crippen molar-refractivity contribution in [3.05, 3.63) is 30.0 Å².